The highest BCUT2D eigenvalue weighted by Crippen LogP contribution is 2.60. The first-order valence-electron chi connectivity index (χ1n) is 10.9. The SMILES string of the molecule is O=C(OCC(=O)C12CC3CC(CC(C3)C1)C2)C(c1ccccc1)c1ccccc1. The zero-order chi connectivity index (χ0) is 19.8. The molecule has 0 aliphatic heterocycles. The fraction of sp³-hybridized carbons (Fsp3) is 0.462. The molecule has 0 spiro atoms. The molecule has 0 saturated heterocycles. The van der Waals surface area contributed by atoms with Crippen LogP contribution in [0.15, 0.2) is 60.7 Å². The summed E-state index contributed by atoms with van der Waals surface area (Å²) in [6.07, 6.45) is 6.94. The highest BCUT2D eigenvalue weighted by molar-refractivity contribution is 5.90. The molecular weight excluding hydrogens is 360 g/mol. The molecule has 0 amide bonds. The molecule has 0 atom stereocenters. The second-order valence-corrected chi connectivity index (χ2v) is 9.48. The average molecular weight is 389 g/mol. The smallest absolute Gasteiger partial charge is 0.318 e. The Morgan fingerprint density at radius 1 is 0.793 bits per heavy atom. The van der Waals surface area contributed by atoms with Crippen molar-refractivity contribution in [2.75, 3.05) is 6.61 Å². The van der Waals surface area contributed by atoms with Gasteiger partial charge in [0.05, 0.1) is 0 Å². The number of benzene rings is 2. The van der Waals surface area contributed by atoms with E-state index in [1.165, 1.54) is 19.3 Å². The molecule has 4 fully saturated rings. The Morgan fingerprint density at radius 3 is 1.69 bits per heavy atom. The summed E-state index contributed by atoms with van der Waals surface area (Å²) in [5.41, 5.74) is 1.57. The molecule has 4 aliphatic rings. The first kappa shape index (κ1) is 18.6. The normalized spacial score (nSPS) is 29.8. The summed E-state index contributed by atoms with van der Waals surface area (Å²) < 4.78 is 5.68. The van der Waals surface area contributed by atoms with Gasteiger partial charge in [0.1, 0.15) is 5.92 Å². The van der Waals surface area contributed by atoms with Crippen LogP contribution in [0.25, 0.3) is 0 Å². The number of ketones is 1. The lowest BCUT2D eigenvalue weighted by atomic mass is 9.48. The van der Waals surface area contributed by atoms with Gasteiger partial charge in [-0.25, -0.2) is 0 Å². The lowest BCUT2D eigenvalue weighted by Gasteiger charge is -2.55. The molecule has 3 heteroatoms. The minimum atomic E-state index is -0.499. The van der Waals surface area contributed by atoms with Gasteiger partial charge in [0.25, 0.3) is 0 Å². The molecule has 150 valence electrons. The summed E-state index contributed by atoms with van der Waals surface area (Å²) in [5, 5.41) is 0. The predicted octanol–water partition coefficient (Wildman–Crippen LogP) is 5.15. The Balaban J connectivity index is 1.32. The molecule has 4 saturated carbocycles. The van der Waals surface area contributed by atoms with Gasteiger partial charge in [0.2, 0.25) is 0 Å². The van der Waals surface area contributed by atoms with E-state index in [1.54, 1.807) is 0 Å². The molecule has 6 rings (SSSR count). The van der Waals surface area contributed by atoms with Gasteiger partial charge in [-0.2, -0.15) is 0 Å². The van der Waals surface area contributed by atoms with E-state index in [1.807, 2.05) is 60.7 Å². The van der Waals surface area contributed by atoms with Gasteiger partial charge < -0.3 is 4.74 Å². The van der Waals surface area contributed by atoms with Crippen molar-refractivity contribution in [2.45, 2.75) is 44.4 Å². The number of rotatable bonds is 6. The number of Topliss-reactive ketones (excluding diaryl/α,β-unsaturated/α-hetero) is 1. The number of carbonyl (C=O) groups excluding carboxylic acids is 2. The van der Waals surface area contributed by atoms with E-state index in [-0.39, 0.29) is 23.8 Å². The Hall–Kier alpha value is -2.42. The summed E-state index contributed by atoms with van der Waals surface area (Å²) >= 11 is 0. The van der Waals surface area contributed by atoms with Crippen molar-refractivity contribution in [2.24, 2.45) is 23.2 Å². The van der Waals surface area contributed by atoms with Crippen molar-refractivity contribution >= 4 is 11.8 Å². The molecule has 4 aliphatic carbocycles. The lowest BCUT2D eigenvalue weighted by Crippen LogP contribution is -2.51. The fourth-order valence-corrected chi connectivity index (χ4v) is 6.58. The monoisotopic (exact) mass is 388 g/mol. The van der Waals surface area contributed by atoms with Crippen LogP contribution in [0.5, 0.6) is 0 Å². The Labute approximate surface area is 172 Å². The average Bonchev–Trinajstić information content (AvgIpc) is 2.73. The van der Waals surface area contributed by atoms with E-state index < -0.39 is 5.92 Å². The second-order valence-electron chi connectivity index (χ2n) is 9.48. The first-order valence-corrected chi connectivity index (χ1v) is 10.9. The van der Waals surface area contributed by atoms with Crippen LogP contribution >= 0.6 is 0 Å². The van der Waals surface area contributed by atoms with E-state index >= 15 is 0 Å². The van der Waals surface area contributed by atoms with Gasteiger partial charge in [-0.1, -0.05) is 60.7 Å². The summed E-state index contributed by atoms with van der Waals surface area (Å²) in [7, 11) is 0. The van der Waals surface area contributed by atoms with E-state index in [0.717, 1.165) is 30.4 Å². The van der Waals surface area contributed by atoms with E-state index in [4.69, 9.17) is 4.74 Å². The maximum absolute atomic E-state index is 13.2. The summed E-state index contributed by atoms with van der Waals surface area (Å²) in [6.45, 7) is -0.0822. The fourth-order valence-electron chi connectivity index (χ4n) is 6.58. The quantitative estimate of drug-likeness (QED) is 0.643. The Kier molecular flexibility index (Phi) is 4.77. The molecule has 0 N–H and O–H groups in total. The molecule has 2 aromatic carbocycles. The van der Waals surface area contributed by atoms with Gasteiger partial charge in [0, 0.05) is 5.41 Å². The minimum Gasteiger partial charge on any atom is -0.457 e. The van der Waals surface area contributed by atoms with Crippen LogP contribution in [0.3, 0.4) is 0 Å². The highest BCUT2D eigenvalue weighted by atomic mass is 16.5. The van der Waals surface area contributed by atoms with Gasteiger partial charge in [-0.05, 0) is 67.4 Å². The molecule has 3 nitrogen and oxygen atoms in total. The van der Waals surface area contributed by atoms with Gasteiger partial charge in [0.15, 0.2) is 12.4 Å². The van der Waals surface area contributed by atoms with Crippen molar-refractivity contribution in [3.8, 4) is 0 Å². The second kappa shape index (κ2) is 7.44. The molecule has 4 bridgehead atoms. The van der Waals surface area contributed by atoms with Crippen LogP contribution in [0.4, 0.5) is 0 Å². The standard InChI is InChI=1S/C26H28O3/c27-23(26-14-18-11-19(15-26)13-20(12-18)16-26)17-29-25(28)24(21-7-3-1-4-8-21)22-9-5-2-6-10-22/h1-10,18-20,24H,11-17H2. The van der Waals surface area contributed by atoms with Crippen molar-refractivity contribution in [3.63, 3.8) is 0 Å². The maximum atomic E-state index is 13.2. The topological polar surface area (TPSA) is 43.4 Å². The van der Waals surface area contributed by atoms with Crippen molar-refractivity contribution < 1.29 is 14.3 Å². The third-order valence-electron chi connectivity index (χ3n) is 7.48. The maximum Gasteiger partial charge on any atom is 0.318 e. The number of hydrogen-bond acceptors (Lipinski definition) is 3. The summed E-state index contributed by atoms with van der Waals surface area (Å²) in [6, 6.07) is 19.4. The lowest BCUT2D eigenvalue weighted by molar-refractivity contribution is -0.158. The Bertz CT molecular complexity index is 812. The molecule has 0 heterocycles. The Morgan fingerprint density at radius 2 is 1.24 bits per heavy atom. The molecule has 2 aromatic rings. The number of carbonyl (C=O) groups is 2. The largest absolute Gasteiger partial charge is 0.457 e. The molecule has 0 radical (unpaired) electrons. The first-order chi connectivity index (χ1) is 14.1. The van der Waals surface area contributed by atoms with Crippen LogP contribution in [-0.2, 0) is 14.3 Å². The van der Waals surface area contributed by atoms with Gasteiger partial charge >= 0.3 is 5.97 Å². The molecule has 0 unspecified atom stereocenters. The van der Waals surface area contributed by atoms with Gasteiger partial charge in [-0.3, -0.25) is 9.59 Å². The zero-order valence-electron chi connectivity index (χ0n) is 16.8. The molecular formula is C26H28O3. The zero-order valence-corrected chi connectivity index (χ0v) is 16.8. The van der Waals surface area contributed by atoms with Gasteiger partial charge in [-0.15, -0.1) is 0 Å². The highest BCUT2D eigenvalue weighted by Gasteiger charge is 2.54. The van der Waals surface area contributed by atoms with Crippen LogP contribution in [0, 0.1) is 23.2 Å². The third-order valence-corrected chi connectivity index (χ3v) is 7.48. The minimum absolute atomic E-state index is 0.0822. The van der Waals surface area contributed by atoms with Crippen molar-refractivity contribution in [1.29, 1.82) is 0 Å². The van der Waals surface area contributed by atoms with Crippen LogP contribution in [0.1, 0.15) is 55.6 Å². The van der Waals surface area contributed by atoms with Crippen LogP contribution < -0.4 is 0 Å². The van der Waals surface area contributed by atoms with Crippen LogP contribution in [-0.4, -0.2) is 18.4 Å². The van der Waals surface area contributed by atoms with Crippen molar-refractivity contribution in [1.82, 2.24) is 0 Å². The number of hydrogen-bond donors (Lipinski definition) is 0. The number of ether oxygens (including phenoxy) is 1. The third kappa shape index (κ3) is 3.52. The molecule has 0 aromatic heterocycles. The molecule has 29 heavy (non-hydrogen) atoms. The van der Waals surface area contributed by atoms with E-state index in [2.05, 4.69) is 0 Å². The van der Waals surface area contributed by atoms with E-state index in [9.17, 15) is 9.59 Å². The summed E-state index contributed by atoms with van der Waals surface area (Å²) in [4.78, 5) is 26.3. The van der Waals surface area contributed by atoms with E-state index in [0.29, 0.717) is 17.8 Å². The predicted molar refractivity (Wildman–Crippen MR) is 111 cm³/mol. The number of esters is 1. The summed E-state index contributed by atoms with van der Waals surface area (Å²) in [5.74, 6) is 1.46. The van der Waals surface area contributed by atoms with Crippen LogP contribution in [0.2, 0.25) is 0 Å². The van der Waals surface area contributed by atoms with Crippen molar-refractivity contribution in [3.05, 3.63) is 71.8 Å².